The molecule has 1 unspecified atom stereocenters. The minimum absolute atomic E-state index is 0.113. The van der Waals surface area contributed by atoms with Crippen LogP contribution in [0.25, 0.3) is 0 Å². The summed E-state index contributed by atoms with van der Waals surface area (Å²) in [6.07, 6.45) is 75.1. The zero-order valence-electron chi connectivity index (χ0n) is 44.1. The molecule has 0 amide bonds. The van der Waals surface area contributed by atoms with Gasteiger partial charge in [0.1, 0.15) is 13.2 Å². The average molecular weight is 943 g/mol. The number of carbonyl (C=O) groups excluding carboxylic acids is 3. The van der Waals surface area contributed by atoms with Crippen LogP contribution in [0.15, 0.2) is 109 Å². The van der Waals surface area contributed by atoms with Crippen LogP contribution in [0.3, 0.4) is 0 Å². The molecule has 386 valence electrons. The van der Waals surface area contributed by atoms with Gasteiger partial charge in [-0.3, -0.25) is 14.4 Å². The molecule has 0 radical (unpaired) electrons. The van der Waals surface area contributed by atoms with E-state index in [1.54, 1.807) is 0 Å². The zero-order valence-corrected chi connectivity index (χ0v) is 44.1. The first kappa shape index (κ1) is 64.1. The summed E-state index contributed by atoms with van der Waals surface area (Å²) in [5.41, 5.74) is 0. The van der Waals surface area contributed by atoms with Crippen LogP contribution in [0.4, 0.5) is 0 Å². The van der Waals surface area contributed by atoms with Gasteiger partial charge in [0.2, 0.25) is 0 Å². The number of allylic oxidation sites excluding steroid dienone is 18. The van der Waals surface area contributed by atoms with Gasteiger partial charge in [-0.05, 0) is 103 Å². The molecule has 1 atom stereocenters. The minimum Gasteiger partial charge on any atom is -0.462 e. The maximum absolute atomic E-state index is 12.8. The fraction of sp³-hybridized carbons (Fsp3) is 0.661. The Morgan fingerprint density at radius 1 is 0.324 bits per heavy atom. The molecule has 0 bridgehead atoms. The summed E-state index contributed by atoms with van der Waals surface area (Å²) in [5, 5.41) is 0. The molecule has 0 fully saturated rings. The van der Waals surface area contributed by atoms with Crippen molar-refractivity contribution in [2.24, 2.45) is 0 Å². The molecule has 0 aromatic heterocycles. The number of ether oxygens (including phenoxy) is 3. The van der Waals surface area contributed by atoms with Gasteiger partial charge in [-0.15, -0.1) is 0 Å². The standard InChI is InChI=1S/C62H102O6/c1-4-7-10-13-16-19-22-25-28-30-32-34-37-40-43-46-49-52-55-61(64)67-58-59(57-66-60(63)54-51-48-45-42-39-36-33-27-24-21-18-15-12-9-6-3)68-62(65)56-53-50-47-44-41-38-35-31-29-26-23-20-17-14-11-8-5-2/h9,12,15,17-18,20-21,24,26,28-30,32,34-35,38,44,47,59H,4-8,10-11,13-14,16,19,22-23,25,27,31,33,36-37,39-43,45-46,48-58H2,1-3H3/b12-9-,18-15-,20-17-,24-21-,29-26-,30-28-,34-32-,38-35-,47-44-. The molecule has 6 nitrogen and oxygen atoms in total. The molecule has 68 heavy (non-hydrogen) atoms. The Kier molecular flexibility index (Phi) is 52.4. The van der Waals surface area contributed by atoms with Crippen LogP contribution >= 0.6 is 0 Å². The van der Waals surface area contributed by atoms with E-state index in [-0.39, 0.29) is 37.5 Å². The number of unbranched alkanes of at least 4 members (excludes halogenated alkanes) is 23. The number of carbonyl (C=O) groups is 3. The minimum atomic E-state index is -0.820. The summed E-state index contributed by atoms with van der Waals surface area (Å²) in [4.78, 5) is 38.1. The monoisotopic (exact) mass is 943 g/mol. The highest BCUT2D eigenvalue weighted by Gasteiger charge is 2.19. The second kappa shape index (κ2) is 55.7. The highest BCUT2D eigenvalue weighted by Crippen LogP contribution is 2.13. The first-order chi connectivity index (χ1) is 33.5. The van der Waals surface area contributed by atoms with E-state index in [0.717, 1.165) is 96.3 Å². The van der Waals surface area contributed by atoms with Crippen LogP contribution in [0.5, 0.6) is 0 Å². The molecule has 0 aliphatic rings. The van der Waals surface area contributed by atoms with Crippen molar-refractivity contribution >= 4 is 17.9 Å². The second-order valence-corrected chi connectivity index (χ2v) is 18.2. The lowest BCUT2D eigenvalue weighted by molar-refractivity contribution is -0.167. The molecule has 0 saturated heterocycles. The lowest BCUT2D eigenvalue weighted by atomic mass is 10.1. The number of esters is 3. The van der Waals surface area contributed by atoms with Gasteiger partial charge in [-0.1, -0.05) is 233 Å². The fourth-order valence-corrected chi connectivity index (χ4v) is 7.37. The lowest BCUT2D eigenvalue weighted by Crippen LogP contribution is -2.30. The summed E-state index contributed by atoms with van der Waals surface area (Å²) in [6.45, 7) is 6.40. The van der Waals surface area contributed by atoms with Gasteiger partial charge in [0.05, 0.1) is 0 Å². The fourth-order valence-electron chi connectivity index (χ4n) is 7.37. The molecule has 0 rings (SSSR count). The van der Waals surface area contributed by atoms with Crippen molar-refractivity contribution in [3.63, 3.8) is 0 Å². The maximum Gasteiger partial charge on any atom is 0.306 e. The quantitative estimate of drug-likeness (QED) is 0.0199. The van der Waals surface area contributed by atoms with Crippen molar-refractivity contribution in [1.82, 2.24) is 0 Å². The largest absolute Gasteiger partial charge is 0.462 e. The first-order valence-corrected chi connectivity index (χ1v) is 27.9. The van der Waals surface area contributed by atoms with Crippen molar-refractivity contribution < 1.29 is 28.6 Å². The predicted molar refractivity (Wildman–Crippen MR) is 293 cm³/mol. The number of hydrogen-bond acceptors (Lipinski definition) is 6. The Hall–Kier alpha value is -3.93. The van der Waals surface area contributed by atoms with Crippen molar-refractivity contribution in [2.45, 2.75) is 252 Å². The average Bonchev–Trinajstić information content (AvgIpc) is 3.34. The lowest BCUT2D eigenvalue weighted by Gasteiger charge is -2.18. The van der Waals surface area contributed by atoms with Crippen LogP contribution in [0, 0.1) is 0 Å². The van der Waals surface area contributed by atoms with Crippen molar-refractivity contribution in [3.05, 3.63) is 109 Å². The van der Waals surface area contributed by atoms with Crippen molar-refractivity contribution in [3.8, 4) is 0 Å². The van der Waals surface area contributed by atoms with Gasteiger partial charge in [-0.2, -0.15) is 0 Å². The highest BCUT2D eigenvalue weighted by atomic mass is 16.6. The van der Waals surface area contributed by atoms with E-state index in [2.05, 4.69) is 130 Å². The third-order valence-corrected chi connectivity index (χ3v) is 11.6. The zero-order chi connectivity index (χ0) is 49.3. The predicted octanol–water partition coefficient (Wildman–Crippen LogP) is 18.7. The van der Waals surface area contributed by atoms with E-state index in [4.69, 9.17) is 14.2 Å². The second-order valence-electron chi connectivity index (χ2n) is 18.2. The molecular formula is C62H102O6. The van der Waals surface area contributed by atoms with Gasteiger partial charge in [0.25, 0.3) is 0 Å². The van der Waals surface area contributed by atoms with E-state index in [0.29, 0.717) is 19.3 Å². The topological polar surface area (TPSA) is 78.9 Å². The van der Waals surface area contributed by atoms with Crippen LogP contribution in [0.2, 0.25) is 0 Å². The van der Waals surface area contributed by atoms with E-state index in [1.165, 1.54) is 103 Å². The Morgan fingerprint density at radius 2 is 0.647 bits per heavy atom. The number of hydrogen-bond donors (Lipinski definition) is 0. The molecule has 6 heteroatoms. The molecule has 0 heterocycles. The molecule has 0 aromatic carbocycles. The SMILES string of the molecule is CC\C=C/C=C\C=C/CCCCCCCCCC(=O)OCC(COC(=O)CCCCCCC/C=C\C=C/CCCCCCCCC)OC(=O)CCC/C=C\C/C=C\C/C=C\C/C=C\CCCCC. The Labute approximate surface area is 419 Å². The molecule has 0 N–H and O–H groups in total. The summed E-state index contributed by atoms with van der Waals surface area (Å²) in [6, 6.07) is 0. The third kappa shape index (κ3) is 53.0. The smallest absolute Gasteiger partial charge is 0.306 e. The Bertz CT molecular complexity index is 1410. The summed E-state index contributed by atoms with van der Waals surface area (Å²) >= 11 is 0. The summed E-state index contributed by atoms with van der Waals surface area (Å²) < 4.78 is 16.8. The van der Waals surface area contributed by atoms with Gasteiger partial charge in [-0.25, -0.2) is 0 Å². The van der Waals surface area contributed by atoms with Crippen LogP contribution in [-0.4, -0.2) is 37.2 Å². The normalized spacial score (nSPS) is 12.9. The molecule has 0 aliphatic carbocycles. The van der Waals surface area contributed by atoms with E-state index in [1.807, 2.05) is 0 Å². The van der Waals surface area contributed by atoms with E-state index in [9.17, 15) is 14.4 Å². The third-order valence-electron chi connectivity index (χ3n) is 11.6. The molecule has 0 aliphatic heterocycles. The Balaban J connectivity index is 4.53. The van der Waals surface area contributed by atoms with Crippen LogP contribution in [0.1, 0.15) is 245 Å². The summed E-state index contributed by atoms with van der Waals surface area (Å²) in [7, 11) is 0. The van der Waals surface area contributed by atoms with Crippen molar-refractivity contribution in [2.75, 3.05) is 13.2 Å². The molecule has 0 saturated carbocycles. The van der Waals surface area contributed by atoms with E-state index >= 15 is 0 Å². The Morgan fingerprint density at radius 3 is 1.10 bits per heavy atom. The van der Waals surface area contributed by atoms with Gasteiger partial charge in [0.15, 0.2) is 6.10 Å². The summed E-state index contributed by atoms with van der Waals surface area (Å²) in [5.74, 6) is -0.997. The van der Waals surface area contributed by atoms with E-state index < -0.39 is 6.10 Å². The first-order valence-electron chi connectivity index (χ1n) is 27.9. The maximum atomic E-state index is 12.8. The molecule has 0 aromatic rings. The van der Waals surface area contributed by atoms with Gasteiger partial charge >= 0.3 is 17.9 Å². The molecular weight excluding hydrogens is 841 g/mol. The van der Waals surface area contributed by atoms with Crippen LogP contribution < -0.4 is 0 Å². The van der Waals surface area contributed by atoms with Crippen molar-refractivity contribution in [1.29, 1.82) is 0 Å². The van der Waals surface area contributed by atoms with Gasteiger partial charge < -0.3 is 14.2 Å². The number of rotatable bonds is 49. The molecule has 0 spiro atoms. The van der Waals surface area contributed by atoms with Gasteiger partial charge in [0, 0.05) is 19.3 Å². The highest BCUT2D eigenvalue weighted by molar-refractivity contribution is 5.71. The van der Waals surface area contributed by atoms with Crippen LogP contribution in [-0.2, 0) is 28.6 Å².